The Labute approximate surface area is 111 Å². The number of rotatable bonds is 1. The number of aromatic nitrogens is 2. The molecular formula is C12H7IrN2S-. The summed E-state index contributed by atoms with van der Waals surface area (Å²) in [6.07, 6.45) is 1.60. The Hall–Kier alpha value is -1.09. The van der Waals surface area contributed by atoms with Gasteiger partial charge in [-0.05, 0) is 17.1 Å². The number of fused-ring (bicyclic) bond motifs is 1. The molecule has 0 N–H and O–H groups in total. The number of nitrogens with zero attached hydrogens (tertiary/aromatic N) is 2. The zero-order valence-corrected chi connectivity index (χ0v) is 11.4. The molecule has 0 spiro atoms. The van der Waals surface area contributed by atoms with E-state index >= 15 is 0 Å². The monoisotopic (exact) mass is 404 g/mol. The van der Waals surface area contributed by atoms with Crippen molar-refractivity contribution in [2.24, 2.45) is 0 Å². The molecule has 2 aromatic heterocycles. The molecule has 0 bridgehead atoms. The maximum Gasteiger partial charge on any atom is 0.106 e. The third-order valence-electron chi connectivity index (χ3n) is 2.27. The number of thiophene rings is 1. The fraction of sp³-hybridized carbons (Fsp3) is 0. The fourth-order valence-corrected chi connectivity index (χ4v) is 2.14. The van der Waals surface area contributed by atoms with E-state index in [2.05, 4.69) is 15.3 Å². The first-order valence-electron chi connectivity index (χ1n) is 4.60. The van der Waals surface area contributed by atoms with Crippen LogP contribution in [0.4, 0.5) is 0 Å². The summed E-state index contributed by atoms with van der Waals surface area (Å²) in [5, 5.41) is 6.28. The summed E-state index contributed by atoms with van der Waals surface area (Å²) in [4.78, 5) is 8.54. The summed E-state index contributed by atoms with van der Waals surface area (Å²) in [7, 11) is 0. The summed E-state index contributed by atoms with van der Waals surface area (Å²) in [5.41, 5.74) is 2.97. The Morgan fingerprint density at radius 3 is 2.75 bits per heavy atom. The van der Waals surface area contributed by atoms with Crippen LogP contribution in [0.3, 0.4) is 0 Å². The summed E-state index contributed by atoms with van der Waals surface area (Å²) in [6.45, 7) is 0. The van der Waals surface area contributed by atoms with Gasteiger partial charge in [0.15, 0.2) is 0 Å². The van der Waals surface area contributed by atoms with E-state index in [1.807, 2.05) is 35.7 Å². The second-order valence-corrected chi connectivity index (χ2v) is 3.89. The van der Waals surface area contributed by atoms with Gasteiger partial charge >= 0.3 is 0 Å². The van der Waals surface area contributed by atoms with E-state index in [0.29, 0.717) is 0 Å². The van der Waals surface area contributed by atoms with Gasteiger partial charge in [-0.15, -0.1) is 10.9 Å². The molecule has 4 heteroatoms. The zero-order chi connectivity index (χ0) is 10.1. The molecule has 16 heavy (non-hydrogen) atoms. The van der Waals surface area contributed by atoms with E-state index in [1.165, 1.54) is 0 Å². The van der Waals surface area contributed by atoms with Crippen LogP contribution in [0.2, 0.25) is 0 Å². The van der Waals surface area contributed by atoms with Crippen molar-refractivity contribution in [2.75, 3.05) is 0 Å². The van der Waals surface area contributed by atoms with Crippen molar-refractivity contribution in [3.8, 4) is 11.3 Å². The molecule has 81 valence electrons. The van der Waals surface area contributed by atoms with Gasteiger partial charge in [0.05, 0.1) is 5.52 Å². The molecule has 0 aliphatic rings. The number of hydrogen-bond acceptors (Lipinski definition) is 3. The molecule has 0 atom stereocenters. The van der Waals surface area contributed by atoms with E-state index in [9.17, 15) is 0 Å². The molecular weight excluding hydrogens is 396 g/mol. The van der Waals surface area contributed by atoms with E-state index in [4.69, 9.17) is 0 Å². The first-order valence-corrected chi connectivity index (χ1v) is 5.48. The van der Waals surface area contributed by atoms with Gasteiger partial charge in [0, 0.05) is 20.1 Å². The molecule has 0 unspecified atom stereocenters. The van der Waals surface area contributed by atoms with Crippen LogP contribution in [0, 0.1) is 5.38 Å². The second kappa shape index (κ2) is 4.83. The quantitative estimate of drug-likeness (QED) is 0.584. The van der Waals surface area contributed by atoms with Gasteiger partial charge < -0.3 is 0 Å². The maximum atomic E-state index is 4.31. The summed E-state index contributed by atoms with van der Waals surface area (Å²) >= 11 is 1.56. The SMILES string of the molecule is [Ir].[c-]1sccc1-c1ncnc2ccccc12. The molecule has 0 aliphatic carbocycles. The standard InChI is InChI=1S/C12H7N2S.Ir/c1-2-4-11-10(3-1)12(14-8-13-11)9-5-6-15-7-9;/h1-6,8H;/q-1;. The summed E-state index contributed by atoms with van der Waals surface area (Å²) < 4.78 is 0. The van der Waals surface area contributed by atoms with Crippen LogP contribution in [-0.2, 0) is 20.1 Å². The smallest absolute Gasteiger partial charge is 0.106 e. The summed E-state index contributed by atoms with van der Waals surface area (Å²) in [5.74, 6) is 0. The third-order valence-corrected chi connectivity index (χ3v) is 2.88. The Bertz CT molecular complexity index is 588. The summed E-state index contributed by atoms with van der Waals surface area (Å²) in [6, 6.07) is 10.0. The van der Waals surface area contributed by atoms with Crippen molar-refractivity contribution < 1.29 is 20.1 Å². The van der Waals surface area contributed by atoms with Gasteiger partial charge in [0.25, 0.3) is 0 Å². The molecule has 0 aliphatic heterocycles. The molecule has 1 aromatic carbocycles. The van der Waals surface area contributed by atoms with Crippen LogP contribution in [-0.4, -0.2) is 9.97 Å². The van der Waals surface area contributed by atoms with Gasteiger partial charge in [0.2, 0.25) is 0 Å². The van der Waals surface area contributed by atoms with Gasteiger partial charge in [0.1, 0.15) is 6.33 Å². The molecule has 0 saturated carbocycles. The third kappa shape index (κ3) is 1.92. The average molecular weight is 403 g/mol. The fourth-order valence-electron chi connectivity index (χ4n) is 1.58. The van der Waals surface area contributed by atoms with E-state index in [1.54, 1.807) is 17.7 Å². The molecule has 0 amide bonds. The normalized spacial score (nSPS) is 10.0. The first-order chi connectivity index (χ1) is 7.45. The Morgan fingerprint density at radius 1 is 1.06 bits per heavy atom. The van der Waals surface area contributed by atoms with Crippen LogP contribution < -0.4 is 0 Å². The van der Waals surface area contributed by atoms with E-state index in [-0.39, 0.29) is 20.1 Å². The minimum Gasteiger partial charge on any atom is -0.285 e. The first kappa shape index (κ1) is 11.4. The zero-order valence-electron chi connectivity index (χ0n) is 8.18. The Morgan fingerprint density at radius 2 is 1.94 bits per heavy atom. The number of hydrogen-bond donors (Lipinski definition) is 0. The van der Waals surface area contributed by atoms with Gasteiger partial charge in [-0.25, -0.2) is 4.98 Å². The van der Waals surface area contributed by atoms with Gasteiger partial charge in [-0.2, -0.15) is 6.07 Å². The molecule has 0 saturated heterocycles. The van der Waals surface area contributed by atoms with Gasteiger partial charge in [-0.3, -0.25) is 16.3 Å². The molecule has 2 nitrogen and oxygen atoms in total. The van der Waals surface area contributed by atoms with E-state index in [0.717, 1.165) is 22.2 Å². The topological polar surface area (TPSA) is 25.8 Å². The average Bonchev–Trinajstić information content (AvgIpc) is 2.82. The molecule has 1 radical (unpaired) electrons. The molecule has 3 aromatic rings. The van der Waals surface area contributed by atoms with Crippen LogP contribution in [0.5, 0.6) is 0 Å². The number of benzene rings is 1. The Kier molecular flexibility index (Phi) is 3.44. The van der Waals surface area contributed by atoms with Crippen molar-refractivity contribution in [1.29, 1.82) is 0 Å². The van der Waals surface area contributed by atoms with Crippen LogP contribution in [0.1, 0.15) is 0 Å². The van der Waals surface area contributed by atoms with Crippen molar-refractivity contribution >= 4 is 22.2 Å². The van der Waals surface area contributed by atoms with Crippen molar-refractivity contribution in [1.82, 2.24) is 9.97 Å². The minimum atomic E-state index is 0. The molecule has 3 rings (SSSR count). The van der Waals surface area contributed by atoms with E-state index < -0.39 is 0 Å². The predicted molar refractivity (Wildman–Crippen MR) is 61.7 cm³/mol. The van der Waals surface area contributed by atoms with Crippen LogP contribution in [0.15, 0.2) is 42.0 Å². The second-order valence-electron chi connectivity index (χ2n) is 3.18. The Balaban J connectivity index is 0.000000963. The molecule has 0 fully saturated rings. The van der Waals surface area contributed by atoms with Gasteiger partial charge in [-0.1, -0.05) is 23.6 Å². The van der Waals surface area contributed by atoms with Crippen LogP contribution in [0.25, 0.3) is 22.2 Å². The number of para-hydroxylation sites is 1. The predicted octanol–water partition coefficient (Wildman–Crippen LogP) is 3.16. The van der Waals surface area contributed by atoms with Crippen molar-refractivity contribution in [3.63, 3.8) is 0 Å². The minimum absolute atomic E-state index is 0. The maximum absolute atomic E-state index is 4.31. The largest absolute Gasteiger partial charge is 0.285 e. The molecule has 2 heterocycles. The van der Waals surface area contributed by atoms with Crippen LogP contribution >= 0.6 is 11.3 Å². The van der Waals surface area contributed by atoms with Crippen molar-refractivity contribution in [2.45, 2.75) is 0 Å². The van der Waals surface area contributed by atoms with Crippen molar-refractivity contribution in [3.05, 3.63) is 47.4 Å².